The van der Waals surface area contributed by atoms with Crippen LogP contribution in [0.4, 0.5) is 0 Å². The summed E-state index contributed by atoms with van der Waals surface area (Å²) in [5.74, 6) is 0. The maximum absolute atomic E-state index is 2.56. The van der Waals surface area contributed by atoms with Gasteiger partial charge in [0.25, 0.3) is 0 Å². The Balaban J connectivity index is 1.87. The van der Waals surface area contributed by atoms with Crippen LogP contribution in [0.1, 0.15) is 88.8 Å². The van der Waals surface area contributed by atoms with E-state index in [1.54, 1.807) is 10.4 Å². The molecule has 0 fully saturated rings. The standard InChI is InChI=1S/C30H38Si/c1-19-15-21-11-13-23(29(3,4)5)17-25(21)27(19)31(9,10)28-20(2)16-22-12-14-24(18-26(22)28)30(6,7)8/h11-18H,1-10H3. The van der Waals surface area contributed by atoms with Crippen LogP contribution in [-0.2, 0) is 10.8 Å². The minimum absolute atomic E-state index is 0.160. The highest BCUT2D eigenvalue weighted by Crippen LogP contribution is 2.50. The van der Waals surface area contributed by atoms with E-state index >= 15 is 0 Å². The molecule has 0 saturated carbocycles. The van der Waals surface area contributed by atoms with E-state index in [1.807, 2.05) is 0 Å². The molecule has 1 heteroatoms. The maximum Gasteiger partial charge on any atom is 0.113 e. The van der Waals surface area contributed by atoms with Gasteiger partial charge in [-0.25, -0.2) is 0 Å². The summed E-state index contributed by atoms with van der Waals surface area (Å²) >= 11 is 0. The predicted molar refractivity (Wildman–Crippen MR) is 140 cm³/mol. The minimum Gasteiger partial charge on any atom is -0.0646 e. The molecule has 0 nitrogen and oxygen atoms in total. The average Bonchev–Trinajstić information content (AvgIpc) is 3.14. The Hall–Kier alpha value is -1.86. The van der Waals surface area contributed by atoms with Crippen molar-refractivity contribution in [2.75, 3.05) is 0 Å². The Morgan fingerprint density at radius 1 is 0.581 bits per heavy atom. The van der Waals surface area contributed by atoms with Crippen LogP contribution >= 0.6 is 0 Å². The molecule has 2 aliphatic rings. The van der Waals surface area contributed by atoms with E-state index in [0.29, 0.717) is 0 Å². The van der Waals surface area contributed by atoms with Crippen molar-refractivity contribution >= 4 is 18.5 Å². The summed E-state index contributed by atoms with van der Waals surface area (Å²) < 4.78 is 0. The van der Waals surface area contributed by atoms with Gasteiger partial charge in [0.05, 0.1) is 0 Å². The molecule has 0 N–H and O–H groups in total. The van der Waals surface area contributed by atoms with Crippen LogP contribution < -0.4 is 0 Å². The Morgan fingerprint density at radius 2 is 0.935 bits per heavy atom. The van der Waals surface area contributed by atoms with Gasteiger partial charge in [-0.15, -0.1) is 0 Å². The largest absolute Gasteiger partial charge is 0.113 e. The zero-order chi connectivity index (χ0) is 22.9. The minimum atomic E-state index is -1.93. The first-order valence-corrected chi connectivity index (χ1v) is 14.6. The second kappa shape index (κ2) is 7.07. The summed E-state index contributed by atoms with van der Waals surface area (Å²) in [4.78, 5) is 0. The van der Waals surface area contributed by atoms with Crippen LogP contribution in [0, 0.1) is 12.8 Å². The third-order valence-electron chi connectivity index (χ3n) is 7.16. The van der Waals surface area contributed by atoms with Crippen molar-refractivity contribution in [2.24, 2.45) is 0 Å². The Kier molecular flexibility index (Phi) is 5.09. The van der Waals surface area contributed by atoms with Crippen molar-refractivity contribution in [2.45, 2.75) is 79.3 Å². The number of benzene rings is 2. The quantitative estimate of drug-likeness (QED) is 0.422. The van der Waals surface area contributed by atoms with Crippen molar-refractivity contribution in [3.05, 3.63) is 93.8 Å². The summed E-state index contributed by atoms with van der Waals surface area (Å²) in [6, 6.07) is 14.3. The molecule has 0 aromatic heterocycles. The SMILES string of the molecule is CC1=C([Si](C)(C)C2=C(C)[CH]c3ccc(C(C)(C)C)cc32)c2cc(C(C)(C)C)ccc2[CH]1. The predicted octanol–water partition coefficient (Wildman–Crippen LogP) is 8.45. The molecule has 0 saturated heterocycles. The van der Waals surface area contributed by atoms with Crippen LogP contribution in [0.15, 0.2) is 47.5 Å². The highest BCUT2D eigenvalue weighted by Gasteiger charge is 2.41. The highest BCUT2D eigenvalue weighted by molar-refractivity contribution is 7.09. The first-order valence-electron chi connectivity index (χ1n) is 11.6. The van der Waals surface area contributed by atoms with Gasteiger partial charge in [-0.2, -0.15) is 0 Å². The maximum atomic E-state index is 2.56. The number of hydrogen-bond donors (Lipinski definition) is 0. The molecule has 0 amide bonds. The van der Waals surface area contributed by atoms with E-state index in [1.165, 1.54) is 44.5 Å². The topological polar surface area (TPSA) is 0 Å². The Morgan fingerprint density at radius 3 is 1.26 bits per heavy atom. The van der Waals surface area contributed by atoms with Crippen molar-refractivity contribution in [3.8, 4) is 0 Å². The monoisotopic (exact) mass is 426 g/mol. The normalized spacial score (nSPS) is 16.8. The van der Waals surface area contributed by atoms with Crippen LogP contribution in [0.2, 0.25) is 13.1 Å². The van der Waals surface area contributed by atoms with E-state index in [9.17, 15) is 0 Å². The zero-order valence-corrected chi connectivity index (χ0v) is 22.1. The second-order valence-corrected chi connectivity index (χ2v) is 16.4. The fourth-order valence-corrected chi connectivity index (χ4v) is 9.70. The molecule has 0 bridgehead atoms. The number of fused-ring (bicyclic) bond motifs is 2. The lowest BCUT2D eigenvalue weighted by Gasteiger charge is -2.31. The molecule has 2 radical (unpaired) electrons. The molecule has 2 aromatic rings. The Bertz CT molecular complexity index is 1030. The molecule has 2 aliphatic carbocycles. The lowest BCUT2D eigenvalue weighted by Crippen LogP contribution is -2.31. The van der Waals surface area contributed by atoms with Crippen LogP contribution in [0.3, 0.4) is 0 Å². The van der Waals surface area contributed by atoms with Crippen molar-refractivity contribution < 1.29 is 0 Å². The molecule has 0 unspecified atom stereocenters. The van der Waals surface area contributed by atoms with Crippen LogP contribution in [0.5, 0.6) is 0 Å². The van der Waals surface area contributed by atoms with Gasteiger partial charge in [0.1, 0.15) is 8.07 Å². The summed E-state index contributed by atoms with van der Waals surface area (Å²) in [6.45, 7) is 23.6. The van der Waals surface area contributed by atoms with Crippen molar-refractivity contribution in [3.63, 3.8) is 0 Å². The van der Waals surface area contributed by atoms with Crippen LogP contribution in [0.25, 0.3) is 10.4 Å². The van der Waals surface area contributed by atoms with Gasteiger partial charge in [0.2, 0.25) is 0 Å². The van der Waals surface area contributed by atoms with Crippen LogP contribution in [-0.4, -0.2) is 8.07 Å². The Labute approximate surface area is 191 Å². The molecule has 0 aliphatic heterocycles. The summed E-state index contributed by atoms with van der Waals surface area (Å²) in [6.07, 6.45) is 4.82. The molecule has 0 atom stereocenters. The molecule has 31 heavy (non-hydrogen) atoms. The molecule has 4 rings (SSSR count). The van der Waals surface area contributed by atoms with Crippen molar-refractivity contribution in [1.82, 2.24) is 0 Å². The third kappa shape index (κ3) is 3.69. The van der Waals surface area contributed by atoms with Gasteiger partial charge in [0.15, 0.2) is 0 Å². The lowest BCUT2D eigenvalue weighted by molar-refractivity contribution is 0.590. The third-order valence-corrected chi connectivity index (χ3v) is 11.0. The molecular weight excluding hydrogens is 388 g/mol. The van der Waals surface area contributed by atoms with E-state index < -0.39 is 8.07 Å². The van der Waals surface area contributed by atoms with E-state index in [0.717, 1.165) is 0 Å². The molecule has 0 heterocycles. The number of hydrogen-bond acceptors (Lipinski definition) is 0. The van der Waals surface area contributed by atoms with E-state index in [4.69, 9.17) is 0 Å². The first-order chi connectivity index (χ1) is 14.2. The molecule has 2 aromatic carbocycles. The van der Waals surface area contributed by atoms with Gasteiger partial charge >= 0.3 is 0 Å². The molecular formula is C30H38Si. The van der Waals surface area contributed by atoms with E-state index in [2.05, 4.69) is 118 Å². The fourth-order valence-electron chi connectivity index (χ4n) is 5.55. The van der Waals surface area contributed by atoms with Gasteiger partial charge in [-0.3, -0.25) is 0 Å². The molecule has 162 valence electrons. The lowest BCUT2D eigenvalue weighted by atomic mass is 9.85. The van der Waals surface area contributed by atoms with E-state index in [-0.39, 0.29) is 10.8 Å². The smallest absolute Gasteiger partial charge is 0.0646 e. The molecule has 0 spiro atoms. The highest BCUT2D eigenvalue weighted by atomic mass is 28.3. The summed E-state index contributed by atoms with van der Waals surface area (Å²) in [5, 5.41) is 3.23. The van der Waals surface area contributed by atoms with Gasteiger partial charge in [-0.05, 0) is 68.5 Å². The summed E-state index contributed by atoms with van der Waals surface area (Å²) in [5.41, 5.74) is 11.8. The zero-order valence-electron chi connectivity index (χ0n) is 21.1. The first kappa shape index (κ1) is 22.3. The summed E-state index contributed by atoms with van der Waals surface area (Å²) in [7, 11) is -1.93. The van der Waals surface area contributed by atoms with Crippen molar-refractivity contribution in [1.29, 1.82) is 0 Å². The van der Waals surface area contributed by atoms with Gasteiger partial charge < -0.3 is 0 Å². The number of rotatable bonds is 2. The van der Waals surface area contributed by atoms with Gasteiger partial charge in [-0.1, -0.05) is 102 Å². The fraction of sp³-hybridized carbons (Fsp3) is 0.400. The average molecular weight is 427 g/mol. The second-order valence-electron chi connectivity index (χ2n) is 12.1. The van der Waals surface area contributed by atoms with Gasteiger partial charge in [0, 0.05) is 12.8 Å². The number of allylic oxidation sites excluding steroid dienone is 2.